The van der Waals surface area contributed by atoms with E-state index in [-0.39, 0.29) is 17.6 Å². The molecule has 1 saturated heterocycles. The summed E-state index contributed by atoms with van der Waals surface area (Å²) in [6.07, 6.45) is 0. The molecular formula is C25H29FN4O3S. The highest BCUT2D eigenvalue weighted by Crippen LogP contribution is 2.27. The molecule has 7 nitrogen and oxygen atoms in total. The summed E-state index contributed by atoms with van der Waals surface area (Å²) in [4.78, 5) is 30.4. The van der Waals surface area contributed by atoms with Crippen LogP contribution >= 0.6 is 11.8 Å². The molecule has 0 bridgehead atoms. The van der Waals surface area contributed by atoms with Crippen LogP contribution in [0.1, 0.15) is 17.3 Å². The van der Waals surface area contributed by atoms with E-state index in [1.807, 2.05) is 6.07 Å². The van der Waals surface area contributed by atoms with E-state index in [4.69, 9.17) is 4.74 Å². The Bertz CT molecular complexity index is 1070. The first-order chi connectivity index (χ1) is 16.5. The number of amides is 2. The number of thioether (sulfide) groups is 1. The number of para-hydroxylation sites is 2. The van der Waals surface area contributed by atoms with Gasteiger partial charge in [-0.25, -0.2) is 4.39 Å². The summed E-state index contributed by atoms with van der Waals surface area (Å²) >= 11 is 1.45. The molecule has 0 spiro atoms. The molecule has 34 heavy (non-hydrogen) atoms. The highest BCUT2D eigenvalue weighted by atomic mass is 32.2. The maximum atomic E-state index is 14.0. The van der Waals surface area contributed by atoms with E-state index in [0.717, 1.165) is 31.9 Å². The number of allylic oxidation sites excluding steroid dienone is 1. The lowest BCUT2D eigenvalue weighted by atomic mass is 10.1. The molecule has 0 atom stereocenters. The quantitative estimate of drug-likeness (QED) is 0.628. The second-order valence-corrected chi connectivity index (χ2v) is 9.22. The first kappa shape index (κ1) is 24.1. The van der Waals surface area contributed by atoms with Gasteiger partial charge in [0.25, 0.3) is 11.8 Å². The minimum absolute atomic E-state index is 0.199. The molecule has 4 rings (SSSR count). The van der Waals surface area contributed by atoms with Crippen molar-refractivity contribution >= 4 is 35.0 Å². The normalized spacial score (nSPS) is 16.7. The van der Waals surface area contributed by atoms with Gasteiger partial charge >= 0.3 is 0 Å². The smallest absolute Gasteiger partial charge is 0.265 e. The number of nitrogens with one attached hydrogen (secondary N) is 2. The van der Waals surface area contributed by atoms with Crippen molar-refractivity contribution in [3.63, 3.8) is 0 Å². The summed E-state index contributed by atoms with van der Waals surface area (Å²) in [6.45, 7) is 6.61. The van der Waals surface area contributed by atoms with Gasteiger partial charge in [0.1, 0.15) is 16.5 Å². The zero-order valence-electron chi connectivity index (χ0n) is 19.2. The fourth-order valence-corrected chi connectivity index (χ4v) is 4.86. The van der Waals surface area contributed by atoms with Gasteiger partial charge in [0.05, 0.1) is 23.5 Å². The van der Waals surface area contributed by atoms with E-state index in [1.165, 1.54) is 17.8 Å². The van der Waals surface area contributed by atoms with Crippen LogP contribution in [-0.4, -0.2) is 68.3 Å². The third kappa shape index (κ3) is 5.90. The molecule has 1 fully saturated rings. The molecule has 2 heterocycles. The largest absolute Gasteiger partial charge is 0.496 e. The Labute approximate surface area is 203 Å². The van der Waals surface area contributed by atoms with Gasteiger partial charge in [-0.1, -0.05) is 24.3 Å². The van der Waals surface area contributed by atoms with Crippen LogP contribution < -0.4 is 15.5 Å². The molecule has 2 aromatic carbocycles. The molecule has 2 aromatic rings. The Morgan fingerprint density at radius 1 is 1.03 bits per heavy atom. The van der Waals surface area contributed by atoms with Gasteiger partial charge in [0.15, 0.2) is 0 Å². The minimum atomic E-state index is -0.268. The van der Waals surface area contributed by atoms with Crippen molar-refractivity contribution in [2.45, 2.75) is 6.92 Å². The van der Waals surface area contributed by atoms with Crippen molar-refractivity contribution in [2.75, 3.05) is 61.8 Å². The van der Waals surface area contributed by atoms with Crippen LogP contribution in [0, 0.1) is 5.82 Å². The SMILES string of the molecule is CC1=C(C(=O)Nc2ccccc2C(=O)NCCN2CCN(c3ccccc3F)CC2)SCCO1. The Morgan fingerprint density at radius 3 is 2.53 bits per heavy atom. The van der Waals surface area contributed by atoms with Gasteiger partial charge < -0.3 is 20.3 Å². The number of piperazine rings is 1. The maximum Gasteiger partial charge on any atom is 0.265 e. The second kappa shape index (κ2) is 11.4. The first-order valence-electron chi connectivity index (χ1n) is 11.4. The topological polar surface area (TPSA) is 73.9 Å². The van der Waals surface area contributed by atoms with Crippen LogP contribution in [-0.2, 0) is 9.53 Å². The number of rotatable bonds is 7. The van der Waals surface area contributed by atoms with Crippen molar-refractivity contribution in [1.82, 2.24) is 10.2 Å². The standard InChI is InChI=1S/C25H29FN4O3S/c1-18-23(34-17-16-33-18)25(32)28-21-8-4-2-6-19(21)24(31)27-10-11-29-12-14-30(15-13-29)22-9-5-3-7-20(22)26/h2-9H,10-17H2,1H3,(H,27,31)(H,28,32). The second-order valence-electron chi connectivity index (χ2n) is 8.12. The van der Waals surface area contributed by atoms with E-state index in [1.54, 1.807) is 43.3 Å². The summed E-state index contributed by atoms with van der Waals surface area (Å²) in [7, 11) is 0. The lowest BCUT2D eigenvalue weighted by Crippen LogP contribution is -2.48. The molecule has 0 aromatic heterocycles. The van der Waals surface area contributed by atoms with Crippen LogP contribution in [0.4, 0.5) is 15.8 Å². The number of hydrogen-bond donors (Lipinski definition) is 2. The number of ether oxygens (including phenoxy) is 1. The number of carbonyl (C=O) groups is 2. The highest BCUT2D eigenvalue weighted by molar-refractivity contribution is 8.04. The summed E-state index contributed by atoms with van der Waals surface area (Å²) < 4.78 is 19.5. The molecular weight excluding hydrogens is 455 g/mol. The summed E-state index contributed by atoms with van der Waals surface area (Å²) in [5.41, 5.74) is 1.52. The zero-order valence-corrected chi connectivity index (χ0v) is 20.0. The summed E-state index contributed by atoms with van der Waals surface area (Å²) in [5.74, 6) is 0.617. The van der Waals surface area contributed by atoms with Crippen molar-refractivity contribution in [1.29, 1.82) is 0 Å². The molecule has 2 amide bonds. The fourth-order valence-electron chi connectivity index (χ4n) is 4.04. The molecule has 0 radical (unpaired) electrons. The predicted octanol–water partition coefficient (Wildman–Crippen LogP) is 3.31. The molecule has 9 heteroatoms. The zero-order chi connectivity index (χ0) is 23.9. The molecule has 180 valence electrons. The van der Waals surface area contributed by atoms with E-state index in [2.05, 4.69) is 20.4 Å². The predicted molar refractivity (Wildman–Crippen MR) is 134 cm³/mol. The molecule has 2 aliphatic rings. The van der Waals surface area contributed by atoms with Gasteiger partial charge in [0.2, 0.25) is 0 Å². The lowest BCUT2D eigenvalue weighted by Gasteiger charge is -2.36. The van der Waals surface area contributed by atoms with Crippen molar-refractivity contribution in [3.05, 3.63) is 70.6 Å². The molecule has 0 saturated carbocycles. The fraction of sp³-hybridized carbons (Fsp3) is 0.360. The molecule has 2 aliphatic heterocycles. The third-order valence-electron chi connectivity index (χ3n) is 5.87. The number of anilines is 2. The van der Waals surface area contributed by atoms with Crippen molar-refractivity contribution in [2.24, 2.45) is 0 Å². The van der Waals surface area contributed by atoms with Crippen molar-refractivity contribution in [3.8, 4) is 0 Å². The number of halogens is 1. The van der Waals surface area contributed by atoms with E-state index < -0.39 is 0 Å². The van der Waals surface area contributed by atoms with Crippen molar-refractivity contribution < 1.29 is 18.7 Å². The van der Waals surface area contributed by atoms with Crippen LogP contribution in [0.5, 0.6) is 0 Å². The highest BCUT2D eigenvalue weighted by Gasteiger charge is 2.22. The van der Waals surface area contributed by atoms with Gasteiger partial charge in [0, 0.05) is 45.0 Å². The van der Waals surface area contributed by atoms with Gasteiger partial charge in [-0.2, -0.15) is 0 Å². The number of benzene rings is 2. The van der Waals surface area contributed by atoms with Crippen LogP contribution in [0.25, 0.3) is 0 Å². The Hall–Kier alpha value is -3.04. The van der Waals surface area contributed by atoms with E-state index in [0.29, 0.717) is 47.3 Å². The number of nitrogens with zero attached hydrogens (tertiary/aromatic N) is 2. The summed E-state index contributed by atoms with van der Waals surface area (Å²) in [6, 6.07) is 13.8. The Balaban J connectivity index is 1.27. The van der Waals surface area contributed by atoms with Crippen LogP contribution in [0.15, 0.2) is 59.2 Å². The van der Waals surface area contributed by atoms with Gasteiger partial charge in [-0.15, -0.1) is 11.8 Å². The molecule has 0 unspecified atom stereocenters. The number of carbonyl (C=O) groups excluding carboxylic acids is 2. The molecule has 0 aliphatic carbocycles. The molecule has 2 N–H and O–H groups in total. The average Bonchev–Trinajstić information content (AvgIpc) is 2.85. The first-order valence-corrected chi connectivity index (χ1v) is 12.4. The third-order valence-corrected chi connectivity index (χ3v) is 7.01. The average molecular weight is 485 g/mol. The monoisotopic (exact) mass is 484 g/mol. The van der Waals surface area contributed by atoms with E-state index in [9.17, 15) is 14.0 Å². The van der Waals surface area contributed by atoms with Gasteiger partial charge in [-0.05, 0) is 31.2 Å². The van der Waals surface area contributed by atoms with E-state index >= 15 is 0 Å². The van der Waals surface area contributed by atoms with Crippen LogP contribution in [0.2, 0.25) is 0 Å². The lowest BCUT2D eigenvalue weighted by molar-refractivity contribution is -0.112. The Morgan fingerprint density at radius 2 is 1.76 bits per heavy atom. The maximum absolute atomic E-state index is 14.0. The van der Waals surface area contributed by atoms with Gasteiger partial charge in [-0.3, -0.25) is 14.5 Å². The van der Waals surface area contributed by atoms with Crippen LogP contribution in [0.3, 0.4) is 0 Å². The Kier molecular flexibility index (Phi) is 8.08. The number of hydrogen-bond acceptors (Lipinski definition) is 6. The summed E-state index contributed by atoms with van der Waals surface area (Å²) in [5, 5.41) is 5.80. The minimum Gasteiger partial charge on any atom is -0.496 e.